The molecular weight excluding hydrogens is 186 g/mol. The van der Waals surface area contributed by atoms with Crippen molar-refractivity contribution in [2.75, 3.05) is 6.54 Å². The Kier molecular flexibility index (Phi) is 4.81. The maximum atomic E-state index is 8.19. The Bertz CT molecular complexity index is 195. The van der Waals surface area contributed by atoms with E-state index in [-0.39, 0.29) is 11.0 Å². The maximum absolute atomic E-state index is 8.19. The van der Waals surface area contributed by atoms with Crippen LogP contribution < -0.4 is 0 Å². The van der Waals surface area contributed by atoms with Gasteiger partial charge in [-0.15, -0.1) is 0 Å². The van der Waals surface area contributed by atoms with Gasteiger partial charge in [-0.05, 0) is 31.1 Å². The van der Waals surface area contributed by atoms with Crippen molar-refractivity contribution in [3.8, 4) is 0 Å². The summed E-state index contributed by atoms with van der Waals surface area (Å²) < 4.78 is 0. The predicted molar refractivity (Wildman–Crippen MR) is 67.9 cm³/mol. The SMILES string of the molecule is CC(C)C(C)(C)CN([OH2+])C(C)(C)C(C)C. The smallest absolute Gasteiger partial charge is 0.0851 e. The van der Waals surface area contributed by atoms with Gasteiger partial charge in [-0.3, -0.25) is 0 Å². The Balaban J connectivity index is 4.56. The number of hydrogen-bond acceptors (Lipinski definition) is 1. The lowest BCUT2D eigenvalue weighted by Gasteiger charge is -2.39. The Hall–Kier alpha value is -0.0800. The molecule has 0 aromatic heterocycles. The van der Waals surface area contributed by atoms with Crippen LogP contribution in [0.3, 0.4) is 0 Å². The number of rotatable bonds is 5. The molecule has 0 atom stereocenters. The van der Waals surface area contributed by atoms with E-state index in [0.29, 0.717) is 11.8 Å². The normalized spacial score (nSPS) is 14.4. The summed E-state index contributed by atoms with van der Waals surface area (Å²) in [5.74, 6) is 1.10. The fourth-order valence-electron chi connectivity index (χ4n) is 1.11. The minimum atomic E-state index is -0.0494. The van der Waals surface area contributed by atoms with Gasteiger partial charge in [-0.1, -0.05) is 46.6 Å². The molecule has 0 amide bonds. The van der Waals surface area contributed by atoms with Gasteiger partial charge in [0.1, 0.15) is 0 Å². The molecule has 0 aliphatic rings. The monoisotopic (exact) mass is 216 g/mol. The van der Waals surface area contributed by atoms with Crippen LogP contribution in [0.1, 0.15) is 55.4 Å². The van der Waals surface area contributed by atoms with E-state index in [4.69, 9.17) is 5.21 Å². The van der Waals surface area contributed by atoms with Gasteiger partial charge in [0.25, 0.3) is 0 Å². The molecule has 0 fully saturated rings. The first kappa shape index (κ1) is 14.9. The second kappa shape index (κ2) is 4.84. The van der Waals surface area contributed by atoms with Crippen molar-refractivity contribution in [2.45, 2.75) is 60.9 Å². The van der Waals surface area contributed by atoms with Crippen LogP contribution in [0, 0.1) is 17.3 Å². The van der Waals surface area contributed by atoms with Crippen LogP contribution in [0.2, 0.25) is 0 Å². The lowest BCUT2D eigenvalue weighted by molar-refractivity contribution is -0.195. The summed E-state index contributed by atoms with van der Waals surface area (Å²) >= 11 is 0. The van der Waals surface area contributed by atoms with E-state index in [1.807, 2.05) is 0 Å². The number of hydrogen-bond donors (Lipinski definition) is 0. The minimum Gasteiger partial charge on any atom is -0.338 e. The molecule has 0 spiro atoms. The number of nitrogens with zero attached hydrogens (tertiary/aromatic N) is 1. The highest BCUT2D eigenvalue weighted by Crippen LogP contribution is 2.31. The van der Waals surface area contributed by atoms with Crippen molar-refractivity contribution in [1.82, 2.24) is 5.06 Å². The molecule has 0 radical (unpaired) electrons. The van der Waals surface area contributed by atoms with Gasteiger partial charge < -0.3 is 5.21 Å². The van der Waals surface area contributed by atoms with Crippen molar-refractivity contribution < 1.29 is 5.21 Å². The highest BCUT2D eigenvalue weighted by atomic mass is 16.5. The van der Waals surface area contributed by atoms with E-state index >= 15 is 0 Å². The molecule has 0 aliphatic heterocycles. The third-order valence-corrected chi connectivity index (χ3v) is 4.24. The van der Waals surface area contributed by atoms with Gasteiger partial charge in [-0.25, -0.2) is 0 Å². The first-order chi connectivity index (χ1) is 6.51. The predicted octanol–water partition coefficient (Wildman–Crippen LogP) is 3.04. The molecular formula is C13H30NO+. The van der Waals surface area contributed by atoms with Crippen LogP contribution in [0.25, 0.3) is 0 Å². The largest absolute Gasteiger partial charge is 0.338 e. The third kappa shape index (κ3) is 3.76. The van der Waals surface area contributed by atoms with E-state index in [1.165, 1.54) is 0 Å². The molecule has 2 heteroatoms. The molecule has 0 saturated heterocycles. The van der Waals surface area contributed by atoms with Crippen LogP contribution in [0.15, 0.2) is 0 Å². The molecule has 2 N–H and O–H groups in total. The van der Waals surface area contributed by atoms with E-state index in [0.717, 1.165) is 6.54 Å². The fraction of sp³-hybridized carbons (Fsp3) is 1.00. The van der Waals surface area contributed by atoms with Gasteiger partial charge in [0.2, 0.25) is 0 Å². The average molecular weight is 216 g/mol. The molecule has 0 rings (SSSR count). The molecule has 0 heterocycles. The first-order valence-electron chi connectivity index (χ1n) is 6.00. The molecule has 0 aliphatic carbocycles. The van der Waals surface area contributed by atoms with Crippen LogP contribution in [0.4, 0.5) is 0 Å². The second-order valence-corrected chi connectivity index (χ2v) is 6.54. The lowest BCUT2D eigenvalue weighted by Crippen LogP contribution is -2.50. The summed E-state index contributed by atoms with van der Waals surface area (Å²) in [6.45, 7) is 18.5. The van der Waals surface area contributed by atoms with E-state index in [2.05, 4.69) is 55.4 Å². The summed E-state index contributed by atoms with van der Waals surface area (Å²) in [5, 5.41) is 9.95. The zero-order chi connectivity index (χ0) is 12.4. The van der Waals surface area contributed by atoms with Crippen molar-refractivity contribution in [3.63, 3.8) is 0 Å². The molecule has 15 heavy (non-hydrogen) atoms. The van der Waals surface area contributed by atoms with Gasteiger partial charge in [0.15, 0.2) is 0 Å². The molecule has 0 aromatic carbocycles. The van der Waals surface area contributed by atoms with E-state index < -0.39 is 0 Å². The molecule has 0 bridgehead atoms. The molecule has 0 unspecified atom stereocenters. The van der Waals surface area contributed by atoms with E-state index in [1.54, 1.807) is 5.06 Å². The zero-order valence-electron chi connectivity index (χ0n) is 11.8. The average Bonchev–Trinajstić information content (AvgIpc) is 2.02. The van der Waals surface area contributed by atoms with Crippen molar-refractivity contribution in [2.24, 2.45) is 17.3 Å². The third-order valence-electron chi connectivity index (χ3n) is 4.24. The Morgan fingerprint density at radius 2 is 1.33 bits per heavy atom. The van der Waals surface area contributed by atoms with Crippen LogP contribution >= 0.6 is 0 Å². The molecule has 2 nitrogen and oxygen atoms in total. The van der Waals surface area contributed by atoms with Crippen molar-refractivity contribution in [3.05, 3.63) is 0 Å². The van der Waals surface area contributed by atoms with Gasteiger partial charge in [-0.2, -0.15) is 0 Å². The van der Waals surface area contributed by atoms with Gasteiger partial charge in [0.05, 0.1) is 12.1 Å². The summed E-state index contributed by atoms with van der Waals surface area (Å²) in [6, 6.07) is 0. The zero-order valence-corrected chi connectivity index (χ0v) is 11.8. The standard InChI is InChI=1S/C13H29NO/c1-10(2)12(5,6)9-14(15)13(7,8)11(3)4/h10-11,15H,9H2,1-8H3/p+1. The van der Waals surface area contributed by atoms with Crippen molar-refractivity contribution >= 4 is 0 Å². The first-order valence-corrected chi connectivity index (χ1v) is 6.00. The minimum absolute atomic E-state index is 0.0494. The summed E-state index contributed by atoms with van der Waals surface area (Å²) in [6.07, 6.45) is 0. The fourth-order valence-corrected chi connectivity index (χ4v) is 1.11. The molecule has 92 valence electrons. The highest BCUT2D eigenvalue weighted by Gasteiger charge is 2.37. The van der Waals surface area contributed by atoms with Crippen LogP contribution in [0.5, 0.6) is 0 Å². The second-order valence-electron chi connectivity index (χ2n) is 6.54. The van der Waals surface area contributed by atoms with Crippen LogP contribution in [-0.4, -0.2) is 22.4 Å². The van der Waals surface area contributed by atoms with Crippen LogP contribution in [-0.2, 0) is 0 Å². The topological polar surface area (TPSA) is 26.1 Å². The Labute approximate surface area is 95.6 Å². The van der Waals surface area contributed by atoms with Crippen molar-refractivity contribution in [1.29, 1.82) is 0 Å². The van der Waals surface area contributed by atoms with Gasteiger partial charge in [0, 0.05) is 0 Å². The maximum Gasteiger partial charge on any atom is 0.0851 e. The van der Waals surface area contributed by atoms with E-state index in [9.17, 15) is 0 Å². The Morgan fingerprint density at radius 1 is 0.933 bits per heavy atom. The highest BCUT2D eigenvalue weighted by molar-refractivity contribution is 4.84. The number of hydroxylamine groups is 2. The summed E-state index contributed by atoms with van der Waals surface area (Å²) in [5.41, 5.74) is 0.153. The van der Waals surface area contributed by atoms with Gasteiger partial charge >= 0.3 is 0 Å². The quantitative estimate of drug-likeness (QED) is 0.512. The lowest BCUT2D eigenvalue weighted by atomic mass is 9.79. The molecule has 0 aromatic rings. The Morgan fingerprint density at radius 3 is 1.60 bits per heavy atom. The summed E-state index contributed by atoms with van der Waals surface area (Å²) in [4.78, 5) is 0. The molecule has 0 saturated carbocycles. The summed E-state index contributed by atoms with van der Waals surface area (Å²) in [7, 11) is 0.